The van der Waals surface area contributed by atoms with Crippen molar-refractivity contribution >= 4 is 11.6 Å². The molecule has 1 aromatic rings. The average molecular weight is 254 g/mol. The largest absolute Gasteiger partial charge is 0.396 e. The van der Waals surface area contributed by atoms with Crippen LogP contribution in [0.2, 0.25) is 0 Å². The molecular weight excluding hydrogens is 238 g/mol. The molecule has 0 spiro atoms. The Bertz CT molecular complexity index is 476. The van der Waals surface area contributed by atoms with Gasteiger partial charge in [0, 0.05) is 13.1 Å². The number of amides is 1. The van der Waals surface area contributed by atoms with Gasteiger partial charge in [-0.2, -0.15) is 0 Å². The number of nitrogens with zero attached hydrogens (tertiary/aromatic N) is 1. The molecule has 1 saturated heterocycles. The Balaban J connectivity index is 2.28. The molecule has 5 heteroatoms. The van der Waals surface area contributed by atoms with E-state index in [0.717, 1.165) is 25.0 Å². The molecule has 0 aromatic heterocycles. The van der Waals surface area contributed by atoms with Crippen LogP contribution in [0, 0.1) is 17.6 Å². The van der Waals surface area contributed by atoms with Crippen LogP contribution in [0.5, 0.6) is 0 Å². The van der Waals surface area contributed by atoms with E-state index in [-0.39, 0.29) is 11.3 Å². The number of halogens is 2. The van der Waals surface area contributed by atoms with Gasteiger partial charge in [0.25, 0.3) is 5.91 Å². The van der Waals surface area contributed by atoms with Gasteiger partial charge in [0.1, 0.15) is 5.82 Å². The molecular formula is C13H16F2N2O. The maximum atomic E-state index is 13.7. The van der Waals surface area contributed by atoms with Crippen LogP contribution in [0.25, 0.3) is 0 Å². The highest BCUT2D eigenvalue weighted by molar-refractivity contribution is 5.95. The van der Waals surface area contributed by atoms with E-state index in [9.17, 15) is 13.6 Å². The molecule has 0 radical (unpaired) electrons. The maximum Gasteiger partial charge on any atom is 0.257 e. The van der Waals surface area contributed by atoms with Gasteiger partial charge in [-0.25, -0.2) is 8.78 Å². The maximum absolute atomic E-state index is 13.7. The molecule has 0 bridgehead atoms. The molecule has 1 fully saturated rings. The molecule has 0 aliphatic carbocycles. The second-order valence-electron chi connectivity index (χ2n) is 4.86. The number of hydrogen-bond donors (Lipinski definition) is 1. The molecule has 1 heterocycles. The number of likely N-dealkylation sites (tertiary alicyclic amines) is 1. The summed E-state index contributed by atoms with van der Waals surface area (Å²) in [5.41, 5.74) is 4.72. The highest BCUT2D eigenvalue weighted by Gasteiger charge is 2.25. The zero-order chi connectivity index (χ0) is 13.3. The fourth-order valence-corrected chi connectivity index (χ4v) is 2.31. The number of anilines is 1. The van der Waals surface area contributed by atoms with Crippen molar-refractivity contribution in [3.05, 3.63) is 29.3 Å². The first-order chi connectivity index (χ1) is 8.49. The van der Waals surface area contributed by atoms with Gasteiger partial charge in [-0.05, 0) is 30.9 Å². The van der Waals surface area contributed by atoms with Crippen LogP contribution in [-0.2, 0) is 0 Å². The minimum atomic E-state index is -0.834. The zero-order valence-corrected chi connectivity index (χ0v) is 10.2. The predicted octanol–water partition coefficient (Wildman–Crippen LogP) is 2.42. The summed E-state index contributed by atoms with van der Waals surface area (Å²) in [6.07, 6.45) is 1.94. The Labute approximate surface area is 105 Å². The molecule has 1 unspecified atom stereocenters. The number of nitrogens with two attached hydrogens (primary N) is 1. The van der Waals surface area contributed by atoms with Gasteiger partial charge >= 0.3 is 0 Å². The van der Waals surface area contributed by atoms with E-state index in [2.05, 4.69) is 0 Å². The van der Waals surface area contributed by atoms with Crippen LogP contribution in [0.1, 0.15) is 30.1 Å². The van der Waals surface area contributed by atoms with Crippen molar-refractivity contribution in [1.29, 1.82) is 0 Å². The van der Waals surface area contributed by atoms with Crippen molar-refractivity contribution in [3.8, 4) is 0 Å². The van der Waals surface area contributed by atoms with Crippen molar-refractivity contribution in [3.63, 3.8) is 0 Å². The van der Waals surface area contributed by atoms with Crippen molar-refractivity contribution in [2.24, 2.45) is 5.92 Å². The predicted molar refractivity (Wildman–Crippen MR) is 65.1 cm³/mol. The fraction of sp³-hybridized carbons (Fsp3) is 0.462. The summed E-state index contributed by atoms with van der Waals surface area (Å²) in [5, 5.41) is 0. The van der Waals surface area contributed by atoms with E-state index in [1.807, 2.05) is 6.92 Å². The van der Waals surface area contributed by atoms with Crippen LogP contribution in [0.3, 0.4) is 0 Å². The molecule has 1 atom stereocenters. The molecule has 18 heavy (non-hydrogen) atoms. The highest BCUT2D eigenvalue weighted by Crippen LogP contribution is 2.22. The zero-order valence-electron chi connectivity index (χ0n) is 10.2. The van der Waals surface area contributed by atoms with E-state index in [1.54, 1.807) is 4.90 Å². The van der Waals surface area contributed by atoms with E-state index < -0.39 is 17.5 Å². The highest BCUT2D eigenvalue weighted by atomic mass is 19.1. The third-order valence-electron chi connectivity index (χ3n) is 3.24. The minimum Gasteiger partial charge on any atom is -0.396 e. The third kappa shape index (κ3) is 2.44. The molecule has 1 aliphatic rings. The standard InChI is InChI=1S/C13H16F2N2O/c1-8-3-2-4-17(7-8)13(18)10-5-9(14)6-11(16)12(10)15/h5-6,8H,2-4,7,16H2,1H3. The minimum absolute atomic E-state index is 0.276. The van der Waals surface area contributed by atoms with Gasteiger partial charge < -0.3 is 10.6 Å². The van der Waals surface area contributed by atoms with Crippen LogP contribution < -0.4 is 5.73 Å². The summed E-state index contributed by atoms with van der Waals surface area (Å²) in [6.45, 7) is 3.20. The lowest BCUT2D eigenvalue weighted by Gasteiger charge is -2.31. The Morgan fingerprint density at radius 1 is 1.44 bits per heavy atom. The van der Waals surface area contributed by atoms with E-state index >= 15 is 0 Å². The Kier molecular flexibility index (Phi) is 3.50. The second kappa shape index (κ2) is 4.92. The molecule has 1 aliphatic heterocycles. The van der Waals surface area contributed by atoms with E-state index in [4.69, 9.17) is 5.73 Å². The summed E-state index contributed by atoms with van der Waals surface area (Å²) in [5.74, 6) is -1.62. The quantitative estimate of drug-likeness (QED) is 0.782. The van der Waals surface area contributed by atoms with E-state index in [0.29, 0.717) is 19.0 Å². The fourth-order valence-electron chi connectivity index (χ4n) is 2.31. The number of benzene rings is 1. The normalized spacial score (nSPS) is 19.9. The Morgan fingerprint density at radius 2 is 2.17 bits per heavy atom. The van der Waals surface area contributed by atoms with Crippen molar-refractivity contribution in [1.82, 2.24) is 4.90 Å². The topological polar surface area (TPSA) is 46.3 Å². The van der Waals surface area contributed by atoms with Gasteiger partial charge in [0.2, 0.25) is 0 Å². The molecule has 3 nitrogen and oxygen atoms in total. The van der Waals surface area contributed by atoms with Crippen LogP contribution in [0.15, 0.2) is 12.1 Å². The van der Waals surface area contributed by atoms with Crippen molar-refractivity contribution in [2.45, 2.75) is 19.8 Å². The Morgan fingerprint density at radius 3 is 2.83 bits per heavy atom. The van der Waals surface area contributed by atoms with Crippen LogP contribution >= 0.6 is 0 Å². The van der Waals surface area contributed by atoms with Crippen molar-refractivity contribution in [2.75, 3.05) is 18.8 Å². The molecule has 2 N–H and O–H groups in total. The first kappa shape index (κ1) is 12.8. The lowest BCUT2D eigenvalue weighted by atomic mass is 9.99. The SMILES string of the molecule is CC1CCCN(C(=O)c2cc(F)cc(N)c2F)C1. The van der Waals surface area contributed by atoms with Crippen LogP contribution in [0.4, 0.5) is 14.5 Å². The number of carbonyl (C=O) groups is 1. The Hall–Kier alpha value is -1.65. The van der Waals surface area contributed by atoms with Gasteiger partial charge in [0.05, 0.1) is 11.3 Å². The van der Waals surface area contributed by atoms with E-state index in [1.165, 1.54) is 0 Å². The first-order valence-corrected chi connectivity index (χ1v) is 6.03. The molecule has 1 aromatic carbocycles. The summed E-state index contributed by atoms with van der Waals surface area (Å²) < 4.78 is 26.9. The molecule has 0 saturated carbocycles. The lowest BCUT2D eigenvalue weighted by molar-refractivity contribution is 0.0678. The number of rotatable bonds is 1. The second-order valence-corrected chi connectivity index (χ2v) is 4.86. The monoisotopic (exact) mass is 254 g/mol. The van der Waals surface area contributed by atoms with Crippen molar-refractivity contribution < 1.29 is 13.6 Å². The molecule has 1 amide bonds. The smallest absolute Gasteiger partial charge is 0.257 e. The van der Waals surface area contributed by atoms with Gasteiger partial charge in [-0.1, -0.05) is 6.92 Å². The number of nitrogen functional groups attached to an aromatic ring is 1. The van der Waals surface area contributed by atoms with Gasteiger partial charge in [-0.3, -0.25) is 4.79 Å². The summed E-state index contributed by atoms with van der Waals surface area (Å²) >= 11 is 0. The third-order valence-corrected chi connectivity index (χ3v) is 3.24. The van der Waals surface area contributed by atoms with Gasteiger partial charge in [-0.15, -0.1) is 0 Å². The first-order valence-electron chi connectivity index (χ1n) is 6.03. The number of carbonyl (C=O) groups excluding carboxylic acids is 1. The number of piperidine rings is 1. The lowest BCUT2D eigenvalue weighted by Crippen LogP contribution is -2.39. The molecule has 2 rings (SSSR count). The van der Waals surface area contributed by atoms with Gasteiger partial charge in [0.15, 0.2) is 5.82 Å². The molecule has 98 valence electrons. The van der Waals surface area contributed by atoms with Crippen LogP contribution in [-0.4, -0.2) is 23.9 Å². The average Bonchev–Trinajstić information content (AvgIpc) is 2.33. The summed E-state index contributed by atoms with van der Waals surface area (Å²) in [6, 6.07) is 1.79. The summed E-state index contributed by atoms with van der Waals surface area (Å²) in [4.78, 5) is 13.7. The number of hydrogen-bond acceptors (Lipinski definition) is 2. The summed E-state index contributed by atoms with van der Waals surface area (Å²) in [7, 11) is 0.